The normalized spacial score (nSPS) is 26.3. The maximum absolute atomic E-state index is 11.8. The van der Waals surface area contributed by atoms with Gasteiger partial charge in [0.05, 0.1) is 0 Å². The molecular formula is C12H21NO. The monoisotopic (exact) mass is 195 g/mol. The van der Waals surface area contributed by atoms with E-state index in [1.54, 1.807) is 0 Å². The van der Waals surface area contributed by atoms with Crippen LogP contribution >= 0.6 is 0 Å². The molecule has 0 atom stereocenters. The van der Waals surface area contributed by atoms with Crippen LogP contribution in [0.3, 0.4) is 0 Å². The fourth-order valence-corrected chi connectivity index (χ4v) is 2.14. The summed E-state index contributed by atoms with van der Waals surface area (Å²) in [5.41, 5.74) is 0.0955. The van der Waals surface area contributed by atoms with Gasteiger partial charge in [-0.05, 0) is 32.6 Å². The van der Waals surface area contributed by atoms with Gasteiger partial charge in [-0.1, -0.05) is 6.92 Å². The van der Waals surface area contributed by atoms with Crippen molar-refractivity contribution in [3.8, 4) is 0 Å². The lowest BCUT2D eigenvalue weighted by Crippen LogP contribution is -2.51. The summed E-state index contributed by atoms with van der Waals surface area (Å²) in [6, 6.07) is 0.651. The van der Waals surface area contributed by atoms with Gasteiger partial charge >= 0.3 is 0 Å². The second kappa shape index (κ2) is 3.34. The molecule has 0 aromatic carbocycles. The second-order valence-electron chi connectivity index (χ2n) is 5.60. The molecule has 2 fully saturated rings. The Hall–Kier alpha value is -0.370. The third kappa shape index (κ3) is 1.85. The third-order valence-electron chi connectivity index (χ3n) is 3.86. The molecule has 1 heterocycles. The molecule has 0 aromatic rings. The predicted molar refractivity (Wildman–Crippen MR) is 57.2 cm³/mol. The molecule has 1 saturated carbocycles. The highest BCUT2D eigenvalue weighted by Crippen LogP contribution is 2.47. The maximum Gasteiger partial charge on any atom is 0.139 e. The molecule has 0 bridgehead atoms. The highest BCUT2D eigenvalue weighted by molar-refractivity contribution is 5.87. The minimum absolute atomic E-state index is 0.0955. The average molecular weight is 195 g/mol. The molecule has 1 saturated heterocycles. The summed E-state index contributed by atoms with van der Waals surface area (Å²) in [4.78, 5) is 14.2. The van der Waals surface area contributed by atoms with Crippen molar-refractivity contribution in [2.24, 2.45) is 11.3 Å². The summed E-state index contributed by atoms with van der Waals surface area (Å²) in [6.07, 6.45) is 3.10. The van der Waals surface area contributed by atoms with Crippen molar-refractivity contribution in [1.29, 1.82) is 0 Å². The molecule has 0 spiro atoms. The van der Waals surface area contributed by atoms with Crippen LogP contribution in [0.4, 0.5) is 0 Å². The van der Waals surface area contributed by atoms with Gasteiger partial charge < -0.3 is 4.90 Å². The largest absolute Gasteiger partial charge is 0.300 e. The van der Waals surface area contributed by atoms with Gasteiger partial charge in [0.25, 0.3) is 0 Å². The van der Waals surface area contributed by atoms with Crippen LogP contribution in [0.1, 0.15) is 40.0 Å². The van der Waals surface area contributed by atoms with Crippen molar-refractivity contribution < 1.29 is 4.79 Å². The van der Waals surface area contributed by atoms with Gasteiger partial charge in [0, 0.05) is 31.0 Å². The van der Waals surface area contributed by atoms with Crippen LogP contribution in [0.2, 0.25) is 0 Å². The van der Waals surface area contributed by atoms with Crippen LogP contribution in [-0.4, -0.2) is 29.8 Å². The summed E-state index contributed by atoms with van der Waals surface area (Å²) in [7, 11) is 0. The highest BCUT2D eigenvalue weighted by atomic mass is 16.1. The Morgan fingerprint density at radius 2 is 2.00 bits per heavy atom. The summed E-state index contributed by atoms with van der Waals surface area (Å²) in [5.74, 6) is 1.17. The Labute approximate surface area is 86.7 Å². The van der Waals surface area contributed by atoms with Gasteiger partial charge in [0.15, 0.2) is 0 Å². The smallest absolute Gasteiger partial charge is 0.139 e. The Balaban J connectivity index is 1.71. The minimum atomic E-state index is 0.0955. The van der Waals surface area contributed by atoms with E-state index in [-0.39, 0.29) is 5.41 Å². The molecule has 1 aliphatic heterocycles. The van der Waals surface area contributed by atoms with Gasteiger partial charge in [-0.3, -0.25) is 4.79 Å². The lowest BCUT2D eigenvalue weighted by Gasteiger charge is -2.42. The van der Waals surface area contributed by atoms with E-state index in [4.69, 9.17) is 0 Å². The van der Waals surface area contributed by atoms with E-state index < -0.39 is 0 Å². The number of ketones is 1. The molecule has 14 heavy (non-hydrogen) atoms. The van der Waals surface area contributed by atoms with Crippen LogP contribution in [-0.2, 0) is 4.79 Å². The first-order chi connectivity index (χ1) is 6.51. The third-order valence-corrected chi connectivity index (χ3v) is 3.86. The van der Waals surface area contributed by atoms with Crippen molar-refractivity contribution in [1.82, 2.24) is 4.90 Å². The number of carbonyl (C=O) groups excluding carboxylic acids is 1. The number of carbonyl (C=O) groups is 1. The standard InChI is InChI=1S/C12H21NO/c1-9(2)13-7-10(8-13)6-11(14)12(3)4-5-12/h9-10H,4-8H2,1-3H3. The molecular weight excluding hydrogens is 174 g/mol. The zero-order chi connectivity index (χ0) is 10.3. The van der Waals surface area contributed by atoms with Crippen molar-refractivity contribution in [2.75, 3.05) is 13.1 Å². The van der Waals surface area contributed by atoms with Crippen LogP contribution in [0, 0.1) is 11.3 Å². The molecule has 1 aliphatic carbocycles. The topological polar surface area (TPSA) is 20.3 Å². The van der Waals surface area contributed by atoms with Crippen molar-refractivity contribution >= 4 is 5.78 Å². The number of rotatable bonds is 4. The lowest BCUT2D eigenvalue weighted by molar-refractivity contribution is -0.126. The molecule has 0 amide bonds. The summed E-state index contributed by atoms with van der Waals surface area (Å²) >= 11 is 0. The Bertz CT molecular complexity index is 237. The number of hydrogen-bond acceptors (Lipinski definition) is 2. The quantitative estimate of drug-likeness (QED) is 0.684. The number of nitrogens with zero attached hydrogens (tertiary/aromatic N) is 1. The molecule has 0 N–H and O–H groups in total. The number of Topliss-reactive ketones (excluding diaryl/α,β-unsaturated/α-hetero) is 1. The van der Waals surface area contributed by atoms with Crippen molar-refractivity contribution in [3.63, 3.8) is 0 Å². The lowest BCUT2D eigenvalue weighted by atomic mass is 9.88. The van der Waals surface area contributed by atoms with E-state index in [2.05, 4.69) is 25.7 Å². The fourth-order valence-electron chi connectivity index (χ4n) is 2.14. The molecule has 0 unspecified atom stereocenters. The zero-order valence-corrected chi connectivity index (χ0v) is 9.55. The van der Waals surface area contributed by atoms with E-state index in [1.807, 2.05) is 0 Å². The first-order valence-corrected chi connectivity index (χ1v) is 5.78. The fraction of sp³-hybridized carbons (Fsp3) is 0.917. The summed E-state index contributed by atoms with van der Waals surface area (Å²) in [6.45, 7) is 8.84. The maximum atomic E-state index is 11.8. The molecule has 80 valence electrons. The molecule has 0 radical (unpaired) electrons. The summed E-state index contributed by atoms with van der Waals surface area (Å²) < 4.78 is 0. The van der Waals surface area contributed by atoms with Crippen LogP contribution in [0.25, 0.3) is 0 Å². The van der Waals surface area contributed by atoms with Gasteiger partial charge in [0.1, 0.15) is 5.78 Å². The van der Waals surface area contributed by atoms with E-state index in [1.165, 1.54) is 0 Å². The molecule has 2 nitrogen and oxygen atoms in total. The zero-order valence-electron chi connectivity index (χ0n) is 9.55. The first kappa shape index (κ1) is 10.2. The number of hydrogen-bond donors (Lipinski definition) is 0. The van der Waals surface area contributed by atoms with Gasteiger partial charge in [-0.2, -0.15) is 0 Å². The van der Waals surface area contributed by atoms with E-state index in [0.717, 1.165) is 32.4 Å². The molecule has 2 aliphatic rings. The SMILES string of the molecule is CC(C)N1CC(CC(=O)C2(C)CC2)C1. The van der Waals surface area contributed by atoms with Gasteiger partial charge in [0.2, 0.25) is 0 Å². The first-order valence-electron chi connectivity index (χ1n) is 5.78. The molecule has 2 heteroatoms. The van der Waals surface area contributed by atoms with Gasteiger partial charge in [-0.15, -0.1) is 0 Å². The van der Waals surface area contributed by atoms with Gasteiger partial charge in [-0.25, -0.2) is 0 Å². The van der Waals surface area contributed by atoms with E-state index in [9.17, 15) is 4.79 Å². The van der Waals surface area contributed by atoms with Crippen molar-refractivity contribution in [3.05, 3.63) is 0 Å². The van der Waals surface area contributed by atoms with Crippen LogP contribution in [0.5, 0.6) is 0 Å². The number of likely N-dealkylation sites (tertiary alicyclic amines) is 1. The Kier molecular flexibility index (Phi) is 2.42. The van der Waals surface area contributed by atoms with Crippen molar-refractivity contribution in [2.45, 2.75) is 46.1 Å². The average Bonchev–Trinajstić information content (AvgIpc) is 2.75. The molecule has 2 rings (SSSR count). The molecule has 0 aromatic heterocycles. The Morgan fingerprint density at radius 1 is 1.43 bits per heavy atom. The van der Waals surface area contributed by atoms with E-state index in [0.29, 0.717) is 17.7 Å². The van der Waals surface area contributed by atoms with Crippen LogP contribution in [0.15, 0.2) is 0 Å². The summed E-state index contributed by atoms with van der Waals surface area (Å²) in [5, 5.41) is 0. The Morgan fingerprint density at radius 3 is 2.43 bits per heavy atom. The second-order valence-corrected chi connectivity index (χ2v) is 5.60. The highest BCUT2D eigenvalue weighted by Gasteiger charge is 2.45. The van der Waals surface area contributed by atoms with E-state index >= 15 is 0 Å². The minimum Gasteiger partial charge on any atom is -0.300 e. The van der Waals surface area contributed by atoms with Crippen LogP contribution < -0.4 is 0 Å². The predicted octanol–water partition coefficient (Wildman–Crippen LogP) is 2.09.